The Bertz CT molecular complexity index is 2160. The quantitative estimate of drug-likeness (QED) is 0.0535. The lowest BCUT2D eigenvalue weighted by molar-refractivity contribution is -0.148. The monoisotopic (exact) mass is 916 g/mol. The third-order valence-electron chi connectivity index (χ3n) is 12.1. The van der Waals surface area contributed by atoms with Crippen molar-refractivity contribution in [3.63, 3.8) is 0 Å². The minimum atomic E-state index is -4.32. The molecule has 1 fully saturated rings. The molecule has 0 radical (unpaired) electrons. The fourth-order valence-corrected chi connectivity index (χ4v) is 15.6. The first kappa shape index (κ1) is 48.8. The van der Waals surface area contributed by atoms with Gasteiger partial charge in [-0.15, -0.1) is 11.3 Å². The summed E-state index contributed by atoms with van der Waals surface area (Å²) < 4.78 is 81.5. The Morgan fingerprint density at radius 1 is 0.984 bits per heavy atom. The van der Waals surface area contributed by atoms with E-state index in [1.807, 2.05) is 13.0 Å². The van der Waals surface area contributed by atoms with Gasteiger partial charge in [0.15, 0.2) is 9.84 Å². The number of thiophene rings is 1. The van der Waals surface area contributed by atoms with Crippen LogP contribution in [0.3, 0.4) is 0 Å². The number of esters is 2. The maximum Gasteiger partial charge on any atom is 0.305 e. The molecule has 0 saturated heterocycles. The highest BCUT2D eigenvalue weighted by Gasteiger charge is 2.42. The van der Waals surface area contributed by atoms with Gasteiger partial charge >= 0.3 is 11.9 Å². The van der Waals surface area contributed by atoms with Crippen molar-refractivity contribution in [1.82, 2.24) is 10.0 Å². The van der Waals surface area contributed by atoms with Gasteiger partial charge in [-0.1, -0.05) is 87.9 Å². The van der Waals surface area contributed by atoms with Crippen LogP contribution in [0.4, 0.5) is 0 Å². The fraction of sp³-hybridized carbons (Fsp3) is 0.565. The first-order valence-corrected chi connectivity index (χ1v) is 26.8. The van der Waals surface area contributed by atoms with Crippen LogP contribution in [0, 0.1) is 23.7 Å². The number of carbonyl (C=O) groups excluding carboxylic acids is 2. The van der Waals surface area contributed by atoms with Crippen LogP contribution >= 0.6 is 11.3 Å². The van der Waals surface area contributed by atoms with Crippen LogP contribution < -0.4 is 10.0 Å². The second-order valence-electron chi connectivity index (χ2n) is 16.7. The van der Waals surface area contributed by atoms with Crippen molar-refractivity contribution in [3.8, 4) is 0 Å². The van der Waals surface area contributed by atoms with E-state index in [2.05, 4.69) is 60.3 Å². The van der Waals surface area contributed by atoms with Gasteiger partial charge in [0, 0.05) is 42.2 Å². The highest BCUT2D eigenvalue weighted by molar-refractivity contribution is 7.96. The molecule has 1 aliphatic heterocycles. The Hall–Kier alpha value is -3.21. The molecule has 2 heterocycles. The third-order valence-corrected chi connectivity index (χ3v) is 19.7. The molecule has 61 heavy (non-hydrogen) atoms. The van der Waals surface area contributed by atoms with Crippen molar-refractivity contribution in [3.05, 3.63) is 90.0 Å². The zero-order valence-electron chi connectivity index (χ0n) is 36.1. The van der Waals surface area contributed by atoms with Crippen LogP contribution in [-0.4, -0.2) is 62.9 Å². The van der Waals surface area contributed by atoms with E-state index >= 15 is 0 Å². The van der Waals surface area contributed by atoms with E-state index in [4.69, 9.17) is 9.47 Å². The van der Waals surface area contributed by atoms with Crippen molar-refractivity contribution >= 4 is 53.9 Å². The number of hydrogen-bond acceptors (Lipinski definition) is 11. The highest BCUT2D eigenvalue weighted by atomic mass is 32.3. The fourth-order valence-electron chi connectivity index (χ4n) is 8.68. The van der Waals surface area contributed by atoms with Gasteiger partial charge in [0.1, 0.15) is 19.9 Å². The lowest BCUT2D eigenvalue weighted by atomic mass is 9.81. The molecule has 336 valence electrons. The molecule has 9 atom stereocenters. The molecule has 15 heteroatoms. The van der Waals surface area contributed by atoms with Crippen LogP contribution in [0.2, 0.25) is 0 Å². The normalized spacial score (nSPS) is 23.9. The molecule has 0 bridgehead atoms. The number of ether oxygens (including phenoxy) is 2. The maximum absolute atomic E-state index is 13.8. The Morgan fingerprint density at radius 3 is 2.38 bits per heavy atom. The van der Waals surface area contributed by atoms with E-state index in [9.17, 15) is 30.6 Å². The number of hydrogen-bond donors (Lipinski definition) is 2. The summed E-state index contributed by atoms with van der Waals surface area (Å²) in [6, 6.07) is 20.1. The summed E-state index contributed by atoms with van der Waals surface area (Å²) in [5.41, 5.74) is 1.79. The van der Waals surface area contributed by atoms with Crippen LogP contribution in [0.25, 0.3) is 0 Å². The number of fused-ring (bicyclic) bond motifs is 1. The molecule has 11 nitrogen and oxygen atoms in total. The molecule has 3 aromatic rings. The average molecular weight is 917 g/mol. The summed E-state index contributed by atoms with van der Waals surface area (Å²) in [7, 11) is -9.89. The number of aryl methyl sites for hydroxylation is 1. The van der Waals surface area contributed by atoms with Crippen LogP contribution in [0.15, 0.2) is 92.2 Å². The number of benzene rings is 2. The van der Waals surface area contributed by atoms with E-state index in [0.29, 0.717) is 65.4 Å². The van der Waals surface area contributed by atoms with Crippen LogP contribution in [0.1, 0.15) is 116 Å². The van der Waals surface area contributed by atoms with Gasteiger partial charge < -0.3 is 14.8 Å². The number of rotatable bonds is 23. The Kier molecular flexibility index (Phi) is 18.4. The highest BCUT2D eigenvalue weighted by Crippen LogP contribution is 2.45. The SMILES string of the molecule is CCN[C@H]1C[C@H](C)S(=O)(=O)c2sc(S(=O)(=O)NC(CCOC(=O)CCC/C=C\C[C@@H]3[C@@H](CC[C@H](C)CCc4ccccc4)[C@H](C)C[C@@H]3OC(C)=O)S(=O)c3ccccc3)cc21. The number of sulfone groups is 1. The average Bonchev–Trinajstić information content (AvgIpc) is 3.82. The minimum absolute atomic E-state index is 0.0287. The van der Waals surface area contributed by atoms with Crippen molar-refractivity contribution in [2.45, 2.75) is 141 Å². The third kappa shape index (κ3) is 13.6. The van der Waals surface area contributed by atoms with Crippen molar-refractivity contribution < 1.29 is 40.1 Å². The van der Waals surface area contributed by atoms with Gasteiger partial charge in [-0.2, -0.15) is 4.72 Å². The molecule has 2 aromatic carbocycles. The van der Waals surface area contributed by atoms with Gasteiger partial charge in [0.2, 0.25) is 0 Å². The van der Waals surface area contributed by atoms with Gasteiger partial charge in [-0.05, 0) is 106 Å². The van der Waals surface area contributed by atoms with E-state index in [1.165, 1.54) is 18.6 Å². The molecule has 2 unspecified atom stereocenters. The van der Waals surface area contributed by atoms with Crippen molar-refractivity contribution in [1.29, 1.82) is 0 Å². The number of carbonyl (C=O) groups is 2. The smallest absolute Gasteiger partial charge is 0.305 e. The number of nitrogens with one attached hydrogen (secondary N) is 2. The maximum atomic E-state index is 13.8. The first-order valence-electron chi connectivity index (χ1n) is 21.7. The number of allylic oxidation sites excluding steroid dienone is 2. The van der Waals surface area contributed by atoms with Gasteiger partial charge in [-0.25, -0.2) is 16.8 Å². The van der Waals surface area contributed by atoms with E-state index < -0.39 is 47.3 Å². The van der Waals surface area contributed by atoms with E-state index in [0.717, 1.165) is 38.5 Å². The number of sulfonamides is 1. The van der Waals surface area contributed by atoms with Gasteiger partial charge in [0.05, 0.1) is 22.7 Å². The minimum Gasteiger partial charge on any atom is -0.466 e. The zero-order chi connectivity index (χ0) is 44.2. The van der Waals surface area contributed by atoms with Crippen molar-refractivity contribution in [2.24, 2.45) is 23.7 Å². The van der Waals surface area contributed by atoms with E-state index in [-0.39, 0.29) is 51.9 Å². The lowest BCUT2D eigenvalue weighted by Crippen LogP contribution is -2.38. The molecule has 1 aliphatic carbocycles. The zero-order valence-corrected chi connectivity index (χ0v) is 39.4. The summed E-state index contributed by atoms with van der Waals surface area (Å²) in [5.74, 6) is 1.06. The van der Waals surface area contributed by atoms with Gasteiger partial charge in [-0.3, -0.25) is 13.8 Å². The summed E-state index contributed by atoms with van der Waals surface area (Å²) in [5, 5.41) is 1.43. The Balaban J connectivity index is 1.12. The molecule has 0 amide bonds. The predicted molar refractivity (Wildman–Crippen MR) is 242 cm³/mol. The molecule has 2 aliphatic rings. The molecular weight excluding hydrogens is 853 g/mol. The summed E-state index contributed by atoms with van der Waals surface area (Å²) >= 11 is 0.701. The molecule has 2 N–H and O–H groups in total. The standard InChI is InChI=1S/C46H64N2O9S4/c1-6-47-41-30-34(4)60(52,53)46-40(41)31-45(58-46)61(54,55)48-43(59(51)37-19-13-10-14-20-37)27-28-56-44(50)22-16-8-7-15-21-39-38(33(3)29-42(39)57-35(5)49)26-24-32(2)23-25-36-17-11-9-12-18-36/h7,9-15,17-20,31-34,38-39,41-43,47-48H,6,8,16,21-30H2,1-5H3/b15-7-/t32-,33-,34+,38+,39-,41+,42+,43?,59?/m1/s1. The second kappa shape index (κ2) is 22.9. The predicted octanol–water partition coefficient (Wildman–Crippen LogP) is 8.68. The molecule has 1 aromatic heterocycles. The Labute approximate surface area is 370 Å². The summed E-state index contributed by atoms with van der Waals surface area (Å²) in [6.07, 6.45) is 11.8. The van der Waals surface area contributed by atoms with Crippen LogP contribution in [0.5, 0.6) is 0 Å². The summed E-state index contributed by atoms with van der Waals surface area (Å²) in [4.78, 5) is 25.2. The molecule has 5 rings (SSSR count). The Morgan fingerprint density at radius 2 is 1.69 bits per heavy atom. The summed E-state index contributed by atoms with van der Waals surface area (Å²) in [6.45, 7) is 10.0. The van der Waals surface area contributed by atoms with Crippen molar-refractivity contribution in [2.75, 3.05) is 13.2 Å². The largest absolute Gasteiger partial charge is 0.466 e. The molecular formula is C46H64N2O9S4. The first-order chi connectivity index (χ1) is 29.1. The van der Waals surface area contributed by atoms with Gasteiger partial charge in [0.25, 0.3) is 10.0 Å². The molecule has 0 spiro atoms. The van der Waals surface area contributed by atoms with Crippen LogP contribution in [-0.2, 0) is 56.1 Å². The van der Waals surface area contributed by atoms with E-state index in [1.54, 1.807) is 37.3 Å². The topological polar surface area (TPSA) is 162 Å². The molecule has 1 saturated carbocycles. The number of unbranched alkanes of at least 4 members (excludes halogenated alkanes) is 1. The second-order valence-corrected chi connectivity index (χ2v) is 23.9. The lowest BCUT2D eigenvalue weighted by Gasteiger charge is -2.27.